The van der Waals surface area contributed by atoms with Crippen LogP contribution in [0.2, 0.25) is 0 Å². The van der Waals surface area contributed by atoms with Crippen molar-refractivity contribution in [3.8, 4) is 5.75 Å². The van der Waals surface area contributed by atoms with Crippen LogP contribution in [-0.4, -0.2) is 23.8 Å². The highest BCUT2D eigenvalue weighted by Gasteiger charge is 2.18. The van der Waals surface area contributed by atoms with Crippen molar-refractivity contribution in [2.24, 2.45) is 0 Å². The average molecular weight is 289 g/mol. The Balaban J connectivity index is 2.24. The fraction of sp³-hybridized carbons (Fsp3) is 0.143. The minimum atomic E-state index is -0.144. The van der Waals surface area contributed by atoms with Crippen molar-refractivity contribution in [3.05, 3.63) is 47.4 Å². The van der Waals surface area contributed by atoms with Gasteiger partial charge in [0.1, 0.15) is 10.6 Å². The molecule has 0 aliphatic heterocycles. The molecule has 0 saturated heterocycles. The van der Waals surface area contributed by atoms with E-state index in [0.29, 0.717) is 34.2 Å². The number of ketones is 1. The average Bonchev–Trinajstić information content (AvgIpc) is 2.85. The molecule has 0 fully saturated rings. The number of nitrogens with one attached hydrogen (secondary N) is 1. The molecule has 3 N–H and O–H groups in total. The zero-order chi connectivity index (χ0) is 14.5. The fourth-order valence-corrected chi connectivity index (χ4v) is 2.37. The molecule has 0 radical (unpaired) electrons. The highest BCUT2D eigenvalue weighted by atomic mass is 32.1. The van der Waals surface area contributed by atoms with Gasteiger partial charge in [0.25, 0.3) is 0 Å². The first kappa shape index (κ1) is 14.1. The Morgan fingerprint density at radius 2 is 2.20 bits per heavy atom. The van der Waals surface area contributed by atoms with E-state index in [9.17, 15) is 4.79 Å². The van der Waals surface area contributed by atoms with Crippen molar-refractivity contribution >= 4 is 28.8 Å². The van der Waals surface area contributed by atoms with Gasteiger partial charge in [-0.3, -0.25) is 4.79 Å². The van der Waals surface area contributed by atoms with Crippen molar-refractivity contribution in [2.75, 3.05) is 24.7 Å². The van der Waals surface area contributed by atoms with Crippen LogP contribution in [-0.2, 0) is 0 Å². The lowest BCUT2D eigenvalue weighted by Gasteiger charge is -2.03. The lowest BCUT2D eigenvalue weighted by Crippen LogP contribution is -2.05. The molecule has 2 rings (SSSR count). The van der Waals surface area contributed by atoms with Gasteiger partial charge in [0.15, 0.2) is 5.82 Å². The number of hydrogen-bond acceptors (Lipinski definition) is 6. The van der Waals surface area contributed by atoms with Gasteiger partial charge < -0.3 is 15.8 Å². The molecule has 1 aromatic carbocycles. The third-order valence-electron chi connectivity index (χ3n) is 2.70. The Morgan fingerprint density at radius 3 is 2.80 bits per heavy atom. The highest BCUT2D eigenvalue weighted by Crippen LogP contribution is 2.28. The first-order valence-electron chi connectivity index (χ1n) is 5.96. The summed E-state index contributed by atoms with van der Waals surface area (Å²) in [5.74, 6) is 1.08. The minimum absolute atomic E-state index is 0.144. The van der Waals surface area contributed by atoms with Gasteiger partial charge in [-0.25, -0.2) is 0 Å². The third-order valence-corrected chi connectivity index (χ3v) is 3.56. The first-order valence-corrected chi connectivity index (χ1v) is 6.73. The molecule has 0 saturated carbocycles. The number of hydrogen-bond donors (Lipinski definition) is 2. The summed E-state index contributed by atoms with van der Waals surface area (Å²) in [7, 11) is 1.58. The summed E-state index contributed by atoms with van der Waals surface area (Å²) in [5, 5.41) is 2.99. The maximum Gasteiger partial charge on any atom is 0.206 e. The number of carbonyl (C=O) groups is 1. The van der Waals surface area contributed by atoms with Gasteiger partial charge in [0, 0.05) is 12.1 Å². The second kappa shape index (κ2) is 6.21. The number of ether oxygens (including phenoxy) is 1. The van der Waals surface area contributed by atoms with Gasteiger partial charge in [-0.1, -0.05) is 6.08 Å². The molecule has 0 unspecified atom stereocenters. The molecule has 0 aliphatic carbocycles. The zero-order valence-corrected chi connectivity index (χ0v) is 11.9. The lowest BCUT2D eigenvalue weighted by molar-refractivity contribution is 0.104. The van der Waals surface area contributed by atoms with Gasteiger partial charge in [0.2, 0.25) is 5.78 Å². The van der Waals surface area contributed by atoms with Crippen LogP contribution in [0.25, 0.3) is 0 Å². The SMILES string of the molecule is C=CCNc1nsc(C(=O)c2ccc(OC)cc2)c1N. The smallest absolute Gasteiger partial charge is 0.206 e. The van der Waals surface area contributed by atoms with Crippen LogP contribution in [0, 0.1) is 0 Å². The van der Waals surface area contributed by atoms with Crippen molar-refractivity contribution in [1.29, 1.82) is 0 Å². The highest BCUT2D eigenvalue weighted by molar-refractivity contribution is 7.09. The zero-order valence-electron chi connectivity index (χ0n) is 11.1. The normalized spacial score (nSPS) is 10.1. The van der Waals surface area contributed by atoms with E-state index in [1.165, 1.54) is 0 Å². The standard InChI is InChI=1S/C14H15N3O2S/c1-3-8-16-14-11(15)13(20-17-14)12(18)9-4-6-10(19-2)7-5-9/h3-7H,1,8,15H2,2H3,(H,16,17). The number of methoxy groups -OCH3 is 1. The quantitative estimate of drug-likeness (QED) is 0.631. The van der Waals surface area contributed by atoms with Crippen LogP contribution >= 0.6 is 11.5 Å². The fourth-order valence-electron chi connectivity index (χ4n) is 1.63. The van der Waals surface area contributed by atoms with E-state index in [2.05, 4.69) is 16.3 Å². The van der Waals surface area contributed by atoms with E-state index >= 15 is 0 Å². The van der Waals surface area contributed by atoms with Crippen molar-refractivity contribution < 1.29 is 9.53 Å². The summed E-state index contributed by atoms with van der Waals surface area (Å²) < 4.78 is 9.21. The van der Waals surface area contributed by atoms with Gasteiger partial charge in [-0.05, 0) is 35.8 Å². The van der Waals surface area contributed by atoms with Crippen LogP contribution in [0.4, 0.5) is 11.5 Å². The van der Waals surface area contributed by atoms with E-state index in [4.69, 9.17) is 10.5 Å². The number of anilines is 2. The largest absolute Gasteiger partial charge is 0.497 e. The van der Waals surface area contributed by atoms with Crippen molar-refractivity contribution in [2.45, 2.75) is 0 Å². The molecule has 104 valence electrons. The van der Waals surface area contributed by atoms with Crippen molar-refractivity contribution in [3.63, 3.8) is 0 Å². The number of benzene rings is 1. The maximum absolute atomic E-state index is 12.4. The molecule has 6 heteroatoms. The number of carbonyl (C=O) groups excluding carboxylic acids is 1. The number of nitrogen functional groups attached to an aromatic ring is 1. The molecule has 1 aromatic heterocycles. The summed E-state index contributed by atoms with van der Waals surface area (Å²) in [6.45, 7) is 4.15. The monoisotopic (exact) mass is 289 g/mol. The predicted molar refractivity (Wildman–Crippen MR) is 81.6 cm³/mol. The molecular formula is C14H15N3O2S. The second-order valence-electron chi connectivity index (χ2n) is 4.00. The molecule has 0 atom stereocenters. The molecule has 0 bridgehead atoms. The number of nitrogens with two attached hydrogens (primary N) is 1. The Hall–Kier alpha value is -2.34. The number of aromatic nitrogens is 1. The molecule has 0 aliphatic rings. The van der Waals surface area contributed by atoms with E-state index in [0.717, 1.165) is 11.5 Å². The van der Waals surface area contributed by atoms with Crippen LogP contribution in [0.5, 0.6) is 5.75 Å². The minimum Gasteiger partial charge on any atom is -0.497 e. The third kappa shape index (κ3) is 2.80. The molecule has 5 nitrogen and oxygen atoms in total. The summed E-state index contributed by atoms with van der Waals surface area (Å²) in [4.78, 5) is 12.8. The summed E-state index contributed by atoms with van der Waals surface area (Å²) in [5.41, 5.74) is 6.87. The van der Waals surface area contributed by atoms with Gasteiger partial charge in [-0.15, -0.1) is 6.58 Å². The second-order valence-corrected chi connectivity index (χ2v) is 4.77. The molecule has 1 heterocycles. The Morgan fingerprint density at radius 1 is 1.50 bits per heavy atom. The van der Waals surface area contributed by atoms with Crippen LogP contribution in [0.1, 0.15) is 15.2 Å². The molecule has 0 spiro atoms. The Kier molecular flexibility index (Phi) is 4.37. The summed E-state index contributed by atoms with van der Waals surface area (Å²) >= 11 is 1.09. The van der Waals surface area contributed by atoms with E-state index in [1.807, 2.05) is 0 Å². The maximum atomic E-state index is 12.4. The molecule has 2 aromatic rings. The first-order chi connectivity index (χ1) is 9.67. The number of nitrogens with zero attached hydrogens (tertiary/aromatic N) is 1. The van der Waals surface area contributed by atoms with E-state index in [-0.39, 0.29) is 5.78 Å². The van der Waals surface area contributed by atoms with Crippen LogP contribution in [0.15, 0.2) is 36.9 Å². The van der Waals surface area contributed by atoms with Gasteiger partial charge in [0.05, 0.1) is 12.8 Å². The Labute approximate surface area is 121 Å². The number of rotatable bonds is 6. The molecular weight excluding hydrogens is 274 g/mol. The summed E-state index contributed by atoms with van der Waals surface area (Å²) in [6.07, 6.45) is 1.70. The Bertz CT molecular complexity index is 620. The summed E-state index contributed by atoms with van der Waals surface area (Å²) in [6, 6.07) is 6.89. The van der Waals surface area contributed by atoms with Gasteiger partial charge in [-0.2, -0.15) is 4.37 Å². The van der Waals surface area contributed by atoms with E-state index < -0.39 is 0 Å². The topological polar surface area (TPSA) is 77.2 Å². The van der Waals surface area contributed by atoms with Crippen molar-refractivity contribution in [1.82, 2.24) is 4.37 Å². The lowest BCUT2D eigenvalue weighted by atomic mass is 10.1. The van der Waals surface area contributed by atoms with Gasteiger partial charge >= 0.3 is 0 Å². The van der Waals surface area contributed by atoms with Crippen LogP contribution in [0.3, 0.4) is 0 Å². The van der Waals surface area contributed by atoms with E-state index in [1.54, 1.807) is 37.5 Å². The van der Waals surface area contributed by atoms with Crippen LogP contribution < -0.4 is 15.8 Å². The predicted octanol–water partition coefficient (Wildman–Crippen LogP) is 2.56. The molecule has 0 amide bonds. The molecule has 20 heavy (non-hydrogen) atoms.